The number of ether oxygens (including phenoxy) is 1. The first kappa shape index (κ1) is 14.8. The van der Waals surface area contributed by atoms with Crippen LogP contribution in [0.1, 0.15) is 35.1 Å². The Hall–Kier alpha value is -1.16. The van der Waals surface area contributed by atoms with E-state index in [0.29, 0.717) is 12.0 Å². The SMILES string of the molecule is Br.c1ccc(C2O[C@H]3CNCC[C@H]3c3ccccc32)cc1. The molecule has 3 atom stereocenters. The van der Waals surface area contributed by atoms with Crippen molar-refractivity contribution in [2.24, 2.45) is 0 Å². The summed E-state index contributed by atoms with van der Waals surface area (Å²) < 4.78 is 6.44. The summed E-state index contributed by atoms with van der Waals surface area (Å²) in [7, 11) is 0. The van der Waals surface area contributed by atoms with Crippen LogP contribution in [0, 0.1) is 0 Å². The molecule has 0 aliphatic carbocycles. The summed E-state index contributed by atoms with van der Waals surface area (Å²) in [6.45, 7) is 2.05. The van der Waals surface area contributed by atoms with Gasteiger partial charge in [0.25, 0.3) is 0 Å². The molecule has 3 heteroatoms. The summed E-state index contributed by atoms with van der Waals surface area (Å²) in [6, 6.07) is 19.4. The van der Waals surface area contributed by atoms with E-state index in [2.05, 4.69) is 59.9 Å². The van der Waals surface area contributed by atoms with Gasteiger partial charge in [-0.2, -0.15) is 0 Å². The maximum absolute atomic E-state index is 6.44. The van der Waals surface area contributed by atoms with Gasteiger partial charge in [0.15, 0.2) is 0 Å². The maximum atomic E-state index is 6.44. The Morgan fingerprint density at radius 2 is 1.62 bits per heavy atom. The van der Waals surface area contributed by atoms with E-state index in [4.69, 9.17) is 4.74 Å². The fourth-order valence-electron chi connectivity index (χ4n) is 3.55. The first-order valence-electron chi connectivity index (χ1n) is 7.43. The molecule has 2 heterocycles. The van der Waals surface area contributed by atoms with Crippen LogP contribution in [0.15, 0.2) is 54.6 Å². The average Bonchev–Trinajstić information content (AvgIpc) is 2.55. The predicted octanol–water partition coefficient (Wildman–Crippen LogP) is 3.83. The summed E-state index contributed by atoms with van der Waals surface area (Å²) in [5.41, 5.74) is 4.09. The summed E-state index contributed by atoms with van der Waals surface area (Å²) in [5, 5.41) is 3.46. The Kier molecular flexibility index (Phi) is 4.43. The molecule has 0 radical (unpaired) electrons. The van der Waals surface area contributed by atoms with Gasteiger partial charge in [0.2, 0.25) is 0 Å². The van der Waals surface area contributed by atoms with Gasteiger partial charge in [-0.15, -0.1) is 17.0 Å². The lowest BCUT2D eigenvalue weighted by molar-refractivity contribution is -0.0312. The molecule has 2 aliphatic rings. The van der Waals surface area contributed by atoms with Gasteiger partial charge in [0.05, 0.1) is 6.10 Å². The highest BCUT2D eigenvalue weighted by Crippen LogP contribution is 2.43. The van der Waals surface area contributed by atoms with Crippen molar-refractivity contribution in [3.8, 4) is 0 Å². The average molecular weight is 346 g/mol. The molecule has 2 aromatic carbocycles. The van der Waals surface area contributed by atoms with Crippen LogP contribution in [-0.2, 0) is 4.74 Å². The molecule has 0 saturated carbocycles. The van der Waals surface area contributed by atoms with E-state index in [1.165, 1.54) is 23.1 Å². The van der Waals surface area contributed by atoms with Crippen LogP contribution >= 0.6 is 17.0 Å². The molecule has 1 unspecified atom stereocenters. The third kappa shape index (κ3) is 2.66. The third-order valence-electron chi connectivity index (χ3n) is 4.52. The molecule has 1 saturated heterocycles. The highest BCUT2D eigenvalue weighted by atomic mass is 79.9. The summed E-state index contributed by atoms with van der Waals surface area (Å²) >= 11 is 0. The van der Waals surface area contributed by atoms with Crippen molar-refractivity contribution in [3.63, 3.8) is 0 Å². The van der Waals surface area contributed by atoms with E-state index in [9.17, 15) is 0 Å². The van der Waals surface area contributed by atoms with E-state index in [0.717, 1.165) is 13.1 Å². The van der Waals surface area contributed by atoms with Crippen molar-refractivity contribution in [3.05, 3.63) is 71.3 Å². The fraction of sp³-hybridized carbons (Fsp3) is 0.333. The monoisotopic (exact) mass is 345 g/mol. The molecule has 1 fully saturated rings. The van der Waals surface area contributed by atoms with Crippen molar-refractivity contribution in [2.45, 2.75) is 24.5 Å². The summed E-state index contributed by atoms with van der Waals surface area (Å²) in [4.78, 5) is 0. The molecule has 0 spiro atoms. The van der Waals surface area contributed by atoms with Crippen molar-refractivity contribution >= 4 is 17.0 Å². The van der Waals surface area contributed by atoms with E-state index >= 15 is 0 Å². The quantitative estimate of drug-likeness (QED) is 0.847. The van der Waals surface area contributed by atoms with E-state index < -0.39 is 0 Å². The zero-order chi connectivity index (χ0) is 13.4. The second-order valence-electron chi connectivity index (χ2n) is 5.69. The molecule has 1 N–H and O–H groups in total. The molecule has 21 heavy (non-hydrogen) atoms. The molecule has 2 nitrogen and oxygen atoms in total. The molecule has 0 aromatic heterocycles. The van der Waals surface area contributed by atoms with E-state index in [-0.39, 0.29) is 23.1 Å². The highest BCUT2D eigenvalue weighted by Gasteiger charge is 2.37. The Labute approximate surface area is 136 Å². The number of fused-ring (bicyclic) bond motifs is 3. The van der Waals surface area contributed by atoms with Crippen LogP contribution in [-0.4, -0.2) is 19.2 Å². The normalized spacial score (nSPS) is 27.1. The van der Waals surface area contributed by atoms with Gasteiger partial charge < -0.3 is 10.1 Å². The number of hydrogen-bond acceptors (Lipinski definition) is 2. The van der Waals surface area contributed by atoms with Gasteiger partial charge in [-0.3, -0.25) is 0 Å². The van der Waals surface area contributed by atoms with Gasteiger partial charge in [-0.1, -0.05) is 54.6 Å². The van der Waals surface area contributed by atoms with Crippen molar-refractivity contribution < 1.29 is 4.74 Å². The minimum atomic E-state index is 0. The van der Waals surface area contributed by atoms with Crippen molar-refractivity contribution in [2.75, 3.05) is 13.1 Å². The van der Waals surface area contributed by atoms with Crippen molar-refractivity contribution in [1.82, 2.24) is 5.32 Å². The number of hydrogen-bond donors (Lipinski definition) is 1. The van der Waals surface area contributed by atoms with Crippen LogP contribution in [0.2, 0.25) is 0 Å². The second-order valence-corrected chi connectivity index (χ2v) is 5.69. The Morgan fingerprint density at radius 1 is 0.905 bits per heavy atom. The van der Waals surface area contributed by atoms with E-state index in [1.807, 2.05) is 0 Å². The molecule has 2 aromatic rings. The van der Waals surface area contributed by atoms with Crippen molar-refractivity contribution in [1.29, 1.82) is 0 Å². The van der Waals surface area contributed by atoms with Crippen LogP contribution < -0.4 is 5.32 Å². The van der Waals surface area contributed by atoms with Gasteiger partial charge in [0.1, 0.15) is 6.10 Å². The number of rotatable bonds is 1. The number of nitrogens with one attached hydrogen (secondary N) is 1. The summed E-state index contributed by atoms with van der Waals surface area (Å²) in [5.74, 6) is 0.549. The zero-order valence-corrected chi connectivity index (χ0v) is 13.6. The molecule has 110 valence electrons. The molecule has 0 amide bonds. The minimum Gasteiger partial charge on any atom is -0.364 e. The smallest absolute Gasteiger partial charge is 0.108 e. The Bertz CT molecular complexity index is 601. The van der Waals surface area contributed by atoms with E-state index in [1.54, 1.807) is 0 Å². The lowest BCUT2D eigenvalue weighted by atomic mass is 9.80. The zero-order valence-electron chi connectivity index (χ0n) is 11.9. The van der Waals surface area contributed by atoms with Crippen LogP contribution in [0.5, 0.6) is 0 Å². The molecular weight excluding hydrogens is 326 g/mol. The molecule has 4 rings (SSSR count). The highest BCUT2D eigenvalue weighted by molar-refractivity contribution is 8.93. The van der Waals surface area contributed by atoms with Gasteiger partial charge in [0, 0.05) is 12.5 Å². The lowest BCUT2D eigenvalue weighted by Crippen LogP contribution is -2.44. The Balaban J connectivity index is 0.00000132. The molecule has 0 bridgehead atoms. The summed E-state index contributed by atoms with van der Waals surface area (Å²) in [6.07, 6.45) is 1.54. The van der Waals surface area contributed by atoms with Gasteiger partial charge >= 0.3 is 0 Å². The van der Waals surface area contributed by atoms with Gasteiger partial charge in [-0.05, 0) is 29.7 Å². The fourth-order valence-corrected chi connectivity index (χ4v) is 3.55. The first-order chi connectivity index (χ1) is 9.93. The largest absolute Gasteiger partial charge is 0.364 e. The van der Waals surface area contributed by atoms with Crippen LogP contribution in [0.25, 0.3) is 0 Å². The number of piperidine rings is 1. The second kappa shape index (κ2) is 6.30. The standard InChI is InChI=1S/C18H19NO.BrH/c1-2-6-13(7-3-1)18-16-9-5-4-8-14(16)15-10-11-19-12-17(15)20-18;/h1-9,15,17-19H,10-12H2;1H/t15-,17-,18?;/m0./s1. The predicted molar refractivity (Wildman–Crippen MR) is 90.1 cm³/mol. The topological polar surface area (TPSA) is 21.3 Å². The lowest BCUT2D eigenvalue weighted by Gasteiger charge is -2.41. The number of halogens is 1. The Morgan fingerprint density at radius 3 is 2.43 bits per heavy atom. The van der Waals surface area contributed by atoms with Crippen LogP contribution in [0.3, 0.4) is 0 Å². The third-order valence-corrected chi connectivity index (χ3v) is 4.52. The van der Waals surface area contributed by atoms with Crippen LogP contribution in [0.4, 0.5) is 0 Å². The molecular formula is C18H20BrNO. The van der Waals surface area contributed by atoms with Gasteiger partial charge in [-0.25, -0.2) is 0 Å². The molecule has 2 aliphatic heterocycles. The number of benzene rings is 2. The minimum absolute atomic E-state index is 0. The maximum Gasteiger partial charge on any atom is 0.108 e. The first-order valence-corrected chi connectivity index (χ1v) is 7.43.